The van der Waals surface area contributed by atoms with E-state index >= 15 is 0 Å². The average Bonchev–Trinajstić information content (AvgIpc) is 3.46. The number of aryl methyl sites for hydroxylation is 1. The smallest absolute Gasteiger partial charge is 0.251 e. The molecule has 32 heavy (non-hydrogen) atoms. The molecule has 168 valence electrons. The van der Waals surface area contributed by atoms with Gasteiger partial charge in [-0.2, -0.15) is 0 Å². The highest BCUT2D eigenvalue weighted by Gasteiger charge is 2.24. The van der Waals surface area contributed by atoms with Crippen LogP contribution in [0.3, 0.4) is 0 Å². The summed E-state index contributed by atoms with van der Waals surface area (Å²) in [6, 6.07) is 13.0. The standard InChI is InChI=1S/C26H31FN4O/c27-22-8-2-1-6-19(22)17-29-24-9-5-7-20-21-16-18(10-11-23(21)30-25(20)24)26(32)28-12-15-31-13-3-4-14-31/h1-2,6,8,10-11,16,24,29-30H,3-5,7,9,12-15,17H2,(H,28,32). The van der Waals surface area contributed by atoms with Gasteiger partial charge in [0, 0.05) is 53.4 Å². The molecule has 1 saturated heterocycles. The maximum Gasteiger partial charge on any atom is 0.251 e. The number of carbonyl (C=O) groups is 1. The van der Waals surface area contributed by atoms with E-state index in [-0.39, 0.29) is 17.8 Å². The molecule has 2 heterocycles. The van der Waals surface area contributed by atoms with Crippen molar-refractivity contribution in [3.05, 3.63) is 70.7 Å². The van der Waals surface area contributed by atoms with Crippen molar-refractivity contribution < 1.29 is 9.18 Å². The summed E-state index contributed by atoms with van der Waals surface area (Å²) in [5, 5.41) is 7.74. The number of likely N-dealkylation sites (tertiary alicyclic amines) is 1. The van der Waals surface area contributed by atoms with Gasteiger partial charge in [0.05, 0.1) is 0 Å². The first-order valence-corrected chi connectivity index (χ1v) is 11.8. The van der Waals surface area contributed by atoms with Crippen molar-refractivity contribution in [1.29, 1.82) is 0 Å². The molecule has 0 saturated carbocycles. The molecule has 1 aliphatic heterocycles. The van der Waals surface area contributed by atoms with E-state index in [1.54, 1.807) is 6.07 Å². The lowest BCUT2D eigenvalue weighted by Gasteiger charge is -2.24. The number of aromatic nitrogens is 1. The highest BCUT2D eigenvalue weighted by Crippen LogP contribution is 2.35. The number of rotatable bonds is 7. The third kappa shape index (κ3) is 4.43. The molecule has 3 aromatic rings. The molecular formula is C26H31FN4O. The van der Waals surface area contributed by atoms with E-state index in [1.807, 2.05) is 30.3 Å². The molecule has 1 fully saturated rings. The van der Waals surface area contributed by atoms with Gasteiger partial charge in [0.2, 0.25) is 0 Å². The molecule has 1 atom stereocenters. The van der Waals surface area contributed by atoms with Gasteiger partial charge in [-0.25, -0.2) is 4.39 Å². The molecule has 0 spiro atoms. The van der Waals surface area contributed by atoms with Crippen molar-refractivity contribution in [2.75, 3.05) is 26.2 Å². The Balaban J connectivity index is 1.29. The molecule has 3 N–H and O–H groups in total. The first-order valence-electron chi connectivity index (χ1n) is 11.8. The van der Waals surface area contributed by atoms with Crippen LogP contribution >= 0.6 is 0 Å². The number of nitrogens with zero attached hydrogens (tertiary/aromatic N) is 1. The lowest BCUT2D eigenvalue weighted by atomic mass is 9.91. The van der Waals surface area contributed by atoms with Crippen LogP contribution in [0.4, 0.5) is 4.39 Å². The van der Waals surface area contributed by atoms with Gasteiger partial charge in [-0.05, 0) is 75.0 Å². The summed E-state index contributed by atoms with van der Waals surface area (Å²) in [6.07, 6.45) is 5.60. The second-order valence-electron chi connectivity index (χ2n) is 9.00. The molecule has 6 heteroatoms. The summed E-state index contributed by atoms with van der Waals surface area (Å²) in [4.78, 5) is 18.7. The highest BCUT2D eigenvalue weighted by molar-refractivity contribution is 5.99. The quantitative estimate of drug-likeness (QED) is 0.520. The summed E-state index contributed by atoms with van der Waals surface area (Å²) in [5.74, 6) is -0.181. The largest absolute Gasteiger partial charge is 0.357 e. The van der Waals surface area contributed by atoms with E-state index < -0.39 is 0 Å². The van der Waals surface area contributed by atoms with Gasteiger partial charge in [0.1, 0.15) is 5.82 Å². The zero-order valence-corrected chi connectivity index (χ0v) is 18.4. The van der Waals surface area contributed by atoms with E-state index in [9.17, 15) is 9.18 Å². The minimum Gasteiger partial charge on any atom is -0.357 e. The predicted molar refractivity (Wildman–Crippen MR) is 125 cm³/mol. The minimum absolute atomic E-state index is 0.00826. The number of nitrogens with one attached hydrogen (secondary N) is 3. The van der Waals surface area contributed by atoms with Crippen molar-refractivity contribution >= 4 is 16.8 Å². The van der Waals surface area contributed by atoms with E-state index in [1.165, 1.54) is 30.2 Å². The number of halogens is 1. The number of aromatic amines is 1. The number of benzene rings is 2. The van der Waals surface area contributed by atoms with Crippen molar-refractivity contribution in [3.8, 4) is 0 Å². The molecule has 2 aromatic carbocycles. The number of H-pyrrole nitrogens is 1. The van der Waals surface area contributed by atoms with Crippen LogP contribution in [0.5, 0.6) is 0 Å². The average molecular weight is 435 g/mol. The van der Waals surface area contributed by atoms with Crippen LogP contribution in [0.15, 0.2) is 42.5 Å². The highest BCUT2D eigenvalue weighted by atomic mass is 19.1. The lowest BCUT2D eigenvalue weighted by molar-refractivity contribution is 0.0950. The Morgan fingerprint density at radius 1 is 1.12 bits per heavy atom. The SMILES string of the molecule is O=C(NCCN1CCCC1)c1ccc2[nH]c3c(c2c1)CCCC3NCc1ccccc1F. The molecular weight excluding hydrogens is 403 g/mol. The fourth-order valence-electron chi connectivity index (χ4n) is 5.12. The topological polar surface area (TPSA) is 60.2 Å². The predicted octanol–water partition coefficient (Wildman–Crippen LogP) is 4.30. The monoisotopic (exact) mass is 434 g/mol. The molecule has 2 aliphatic rings. The van der Waals surface area contributed by atoms with Crippen LogP contribution in [-0.2, 0) is 13.0 Å². The van der Waals surface area contributed by atoms with E-state index in [2.05, 4.69) is 20.5 Å². The number of amides is 1. The van der Waals surface area contributed by atoms with Crippen LogP contribution < -0.4 is 10.6 Å². The second kappa shape index (κ2) is 9.43. The van der Waals surface area contributed by atoms with Crippen LogP contribution in [0, 0.1) is 5.82 Å². The van der Waals surface area contributed by atoms with Crippen molar-refractivity contribution in [3.63, 3.8) is 0 Å². The van der Waals surface area contributed by atoms with Gasteiger partial charge in [0.15, 0.2) is 0 Å². The normalized spacial score (nSPS) is 18.7. The van der Waals surface area contributed by atoms with Gasteiger partial charge in [-0.3, -0.25) is 4.79 Å². The lowest BCUT2D eigenvalue weighted by Crippen LogP contribution is -2.33. The van der Waals surface area contributed by atoms with Crippen molar-refractivity contribution in [1.82, 2.24) is 20.5 Å². The molecule has 1 amide bonds. The summed E-state index contributed by atoms with van der Waals surface area (Å²) < 4.78 is 14.0. The van der Waals surface area contributed by atoms with Gasteiger partial charge >= 0.3 is 0 Å². The molecule has 5 nitrogen and oxygen atoms in total. The van der Waals surface area contributed by atoms with Gasteiger partial charge in [-0.15, -0.1) is 0 Å². The number of carbonyl (C=O) groups excluding carboxylic acids is 1. The number of hydrogen-bond donors (Lipinski definition) is 3. The Labute approximate surface area is 188 Å². The molecule has 1 unspecified atom stereocenters. The van der Waals surface area contributed by atoms with Crippen LogP contribution in [0.1, 0.15) is 58.9 Å². The Hall–Kier alpha value is -2.70. The first kappa shape index (κ1) is 21.2. The van der Waals surface area contributed by atoms with E-state index in [0.29, 0.717) is 24.2 Å². The minimum atomic E-state index is -0.173. The third-order valence-corrected chi connectivity index (χ3v) is 6.88. The molecule has 1 aromatic heterocycles. The fraction of sp³-hybridized carbons (Fsp3) is 0.423. The molecule has 0 radical (unpaired) electrons. The van der Waals surface area contributed by atoms with Crippen LogP contribution in [0.2, 0.25) is 0 Å². The van der Waals surface area contributed by atoms with E-state index in [4.69, 9.17) is 0 Å². The Morgan fingerprint density at radius 3 is 2.81 bits per heavy atom. The van der Waals surface area contributed by atoms with Gasteiger partial charge in [-0.1, -0.05) is 18.2 Å². The summed E-state index contributed by atoms with van der Waals surface area (Å²) in [6.45, 7) is 4.39. The Bertz CT molecular complexity index is 1100. The summed E-state index contributed by atoms with van der Waals surface area (Å²) in [5.41, 5.74) is 4.91. The zero-order chi connectivity index (χ0) is 21.9. The number of fused-ring (bicyclic) bond motifs is 3. The molecule has 5 rings (SSSR count). The summed E-state index contributed by atoms with van der Waals surface area (Å²) >= 11 is 0. The van der Waals surface area contributed by atoms with Gasteiger partial charge in [0.25, 0.3) is 5.91 Å². The maximum atomic E-state index is 14.0. The second-order valence-corrected chi connectivity index (χ2v) is 9.00. The maximum absolute atomic E-state index is 14.0. The third-order valence-electron chi connectivity index (χ3n) is 6.88. The van der Waals surface area contributed by atoms with Crippen LogP contribution in [0.25, 0.3) is 10.9 Å². The summed E-state index contributed by atoms with van der Waals surface area (Å²) in [7, 11) is 0. The van der Waals surface area contributed by atoms with Gasteiger partial charge < -0.3 is 20.5 Å². The Morgan fingerprint density at radius 2 is 1.97 bits per heavy atom. The van der Waals surface area contributed by atoms with Crippen molar-refractivity contribution in [2.24, 2.45) is 0 Å². The molecule has 0 bridgehead atoms. The zero-order valence-electron chi connectivity index (χ0n) is 18.4. The van der Waals surface area contributed by atoms with Crippen LogP contribution in [-0.4, -0.2) is 42.0 Å². The van der Waals surface area contributed by atoms with E-state index in [0.717, 1.165) is 49.8 Å². The number of hydrogen-bond acceptors (Lipinski definition) is 3. The molecule has 1 aliphatic carbocycles. The Kier molecular flexibility index (Phi) is 6.23. The fourth-order valence-corrected chi connectivity index (χ4v) is 5.12. The first-order chi connectivity index (χ1) is 15.7. The van der Waals surface area contributed by atoms with Crippen molar-refractivity contribution in [2.45, 2.75) is 44.7 Å².